The van der Waals surface area contributed by atoms with E-state index in [0.29, 0.717) is 11.7 Å². The van der Waals surface area contributed by atoms with E-state index < -0.39 is 0 Å². The summed E-state index contributed by atoms with van der Waals surface area (Å²) < 4.78 is 3.99. The van der Waals surface area contributed by atoms with Crippen LogP contribution in [0.25, 0.3) is 10.2 Å². The molecule has 0 atom stereocenters. The summed E-state index contributed by atoms with van der Waals surface area (Å²) in [7, 11) is 0. The topological polar surface area (TPSA) is 72.7 Å². The Hall–Kier alpha value is -1.71. The molecular formula is C16H16BrN5OS2. The van der Waals surface area contributed by atoms with Crippen LogP contribution in [0.1, 0.15) is 12.7 Å². The minimum Gasteiger partial charge on any atom is -0.302 e. The summed E-state index contributed by atoms with van der Waals surface area (Å²) in [5.74, 6) is 1.02. The first kappa shape index (κ1) is 18.1. The molecule has 0 bridgehead atoms. The molecule has 3 aromatic rings. The van der Waals surface area contributed by atoms with E-state index in [4.69, 9.17) is 0 Å². The predicted molar refractivity (Wildman–Crippen MR) is 106 cm³/mol. The highest BCUT2D eigenvalue weighted by Gasteiger charge is 2.13. The number of nitrogens with one attached hydrogen (secondary N) is 1. The van der Waals surface area contributed by atoms with Gasteiger partial charge in [-0.1, -0.05) is 52.0 Å². The third-order valence-corrected chi connectivity index (χ3v) is 5.74. The molecule has 0 aliphatic carbocycles. The van der Waals surface area contributed by atoms with Gasteiger partial charge < -0.3 is 9.88 Å². The van der Waals surface area contributed by atoms with Crippen LogP contribution >= 0.6 is 39.0 Å². The smallest absolute Gasteiger partial charge is 0.236 e. The highest BCUT2D eigenvalue weighted by atomic mass is 79.9. The normalized spacial score (nSPS) is 11.0. The quantitative estimate of drug-likeness (QED) is 0.444. The van der Waals surface area contributed by atoms with Crippen LogP contribution < -0.4 is 5.32 Å². The van der Waals surface area contributed by atoms with E-state index in [1.54, 1.807) is 6.08 Å². The lowest BCUT2D eigenvalue weighted by molar-refractivity contribution is -0.113. The molecule has 2 aromatic heterocycles. The van der Waals surface area contributed by atoms with Crippen molar-refractivity contribution in [1.82, 2.24) is 19.7 Å². The van der Waals surface area contributed by atoms with Crippen molar-refractivity contribution < 1.29 is 4.79 Å². The summed E-state index contributed by atoms with van der Waals surface area (Å²) in [5.41, 5.74) is 0.870. The monoisotopic (exact) mass is 437 g/mol. The van der Waals surface area contributed by atoms with Gasteiger partial charge in [-0.3, -0.25) is 4.79 Å². The molecule has 2 heterocycles. The maximum absolute atomic E-state index is 12.2. The summed E-state index contributed by atoms with van der Waals surface area (Å²) in [4.78, 5) is 16.6. The molecule has 0 spiro atoms. The lowest BCUT2D eigenvalue weighted by Gasteiger charge is -2.06. The number of aromatic nitrogens is 4. The van der Waals surface area contributed by atoms with Crippen molar-refractivity contribution in [3.8, 4) is 0 Å². The molecule has 130 valence electrons. The third kappa shape index (κ3) is 4.28. The van der Waals surface area contributed by atoms with Crippen molar-refractivity contribution in [1.29, 1.82) is 0 Å². The first-order valence-electron chi connectivity index (χ1n) is 7.62. The van der Waals surface area contributed by atoms with Gasteiger partial charge in [0.2, 0.25) is 5.91 Å². The molecular weight excluding hydrogens is 422 g/mol. The van der Waals surface area contributed by atoms with Crippen LogP contribution in [-0.4, -0.2) is 31.4 Å². The number of hydrogen-bond donors (Lipinski definition) is 1. The maximum Gasteiger partial charge on any atom is 0.236 e. The fourth-order valence-corrected chi connectivity index (χ4v) is 4.44. The zero-order chi connectivity index (χ0) is 17.8. The van der Waals surface area contributed by atoms with Crippen LogP contribution in [0.15, 0.2) is 40.5 Å². The summed E-state index contributed by atoms with van der Waals surface area (Å²) >= 11 is 6.25. The van der Waals surface area contributed by atoms with Crippen molar-refractivity contribution in [2.24, 2.45) is 0 Å². The minimum absolute atomic E-state index is 0.116. The molecule has 0 saturated heterocycles. The molecule has 6 nitrogen and oxygen atoms in total. The van der Waals surface area contributed by atoms with Crippen molar-refractivity contribution >= 4 is 60.3 Å². The zero-order valence-electron chi connectivity index (χ0n) is 13.5. The number of benzene rings is 1. The van der Waals surface area contributed by atoms with Crippen LogP contribution in [0.4, 0.5) is 5.13 Å². The molecule has 1 aromatic carbocycles. The number of anilines is 1. The Morgan fingerprint density at radius 3 is 3.08 bits per heavy atom. The highest BCUT2D eigenvalue weighted by molar-refractivity contribution is 9.10. The van der Waals surface area contributed by atoms with E-state index in [1.165, 1.54) is 23.1 Å². The molecule has 1 amide bonds. The van der Waals surface area contributed by atoms with E-state index in [2.05, 4.69) is 43.0 Å². The van der Waals surface area contributed by atoms with Crippen LogP contribution in [0, 0.1) is 0 Å². The van der Waals surface area contributed by atoms with Gasteiger partial charge in [0.05, 0.1) is 16.0 Å². The number of fused-ring (bicyclic) bond motifs is 1. The summed E-state index contributed by atoms with van der Waals surface area (Å²) in [5, 5.41) is 12.5. The average Bonchev–Trinajstić information content (AvgIpc) is 3.16. The Morgan fingerprint density at radius 2 is 2.32 bits per heavy atom. The molecule has 25 heavy (non-hydrogen) atoms. The third-order valence-electron chi connectivity index (χ3n) is 3.35. The predicted octanol–water partition coefficient (Wildman–Crippen LogP) is 4.13. The molecule has 3 rings (SSSR count). The maximum atomic E-state index is 12.2. The Labute approximate surface area is 161 Å². The Morgan fingerprint density at radius 1 is 1.48 bits per heavy atom. The van der Waals surface area contributed by atoms with E-state index in [0.717, 1.165) is 32.1 Å². The number of thiazole rings is 1. The van der Waals surface area contributed by atoms with E-state index in [-0.39, 0.29) is 11.7 Å². The number of nitrogens with zero attached hydrogens (tertiary/aromatic N) is 4. The average molecular weight is 438 g/mol. The van der Waals surface area contributed by atoms with Gasteiger partial charge in [-0.25, -0.2) is 4.98 Å². The summed E-state index contributed by atoms with van der Waals surface area (Å²) in [6, 6.07) is 5.84. The molecule has 0 aliphatic heterocycles. The first-order chi connectivity index (χ1) is 12.1. The molecule has 0 unspecified atom stereocenters. The lowest BCUT2D eigenvalue weighted by Crippen LogP contribution is -2.14. The van der Waals surface area contributed by atoms with Gasteiger partial charge in [-0.15, -0.1) is 16.8 Å². The highest BCUT2D eigenvalue weighted by Crippen LogP contribution is 2.28. The van der Waals surface area contributed by atoms with Gasteiger partial charge in [0, 0.05) is 17.4 Å². The Kier molecular flexibility index (Phi) is 5.87. The summed E-state index contributed by atoms with van der Waals surface area (Å²) in [6.07, 6.45) is 2.58. The summed E-state index contributed by atoms with van der Waals surface area (Å²) in [6.45, 7) is 6.41. The molecule has 0 saturated carbocycles. The molecule has 0 aliphatic rings. The SMILES string of the molecule is C=CCn1c(CC)nnc1SCC(=O)Nc1nc2ccc(Br)cc2s1. The van der Waals surface area contributed by atoms with Crippen molar-refractivity contribution in [3.63, 3.8) is 0 Å². The second kappa shape index (κ2) is 8.11. The molecule has 0 fully saturated rings. The number of thioether (sulfide) groups is 1. The number of aryl methyl sites for hydroxylation is 1. The number of allylic oxidation sites excluding steroid dienone is 1. The number of hydrogen-bond acceptors (Lipinski definition) is 6. The van der Waals surface area contributed by atoms with Crippen LogP contribution in [-0.2, 0) is 17.8 Å². The van der Waals surface area contributed by atoms with Crippen LogP contribution in [0.3, 0.4) is 0 Å². The largest absolute Gasteiger partial charge is 0.302 e. The van der Waals surface area contributed by atoms with Crippen molar-refractivity contribution in [2.75, 3.05) is 11.1 Å². The second-order valence-electron chi connectivity index (χ2n) is 5.12. The van der Waals surface area contributed by atoms with Gasteiger partial charge in [0.25, 0.3) is 0 Å². The van der Waals surface area contributed by atoms with Crippen molar-refractivity contribution in [3.05, 3.63) is 41.2 Å². The lowest BCUT2D eigenvalue weighted by atomic mass is 10.3. The van der Waals surface area contributed by atoms with Crippen LogP contribution in [0.5, 0.6) is 0 Å². The van der Waals surface area contributed by atoms with Gasteiger partial charge in [-0.2, -0.15) is 0 Å². The van der Waals surface area contributed by atoms with E-state index >= 15 is 0 Å². The number of halogens is 1. The Balaban J connectivity index is 1.64. The number of rotatable bonds is 7. The molecule has 9 heteroatoms. The van der Waals surface area contributed by atoms with Crippen LogP contribution in [0.2, 0.25) is 0 Å². The second-order valence-corrected chi connectivity index (χ2v) is 8.01. The standard InChI is InChI=1S/C16H16BrN5OS2/c1-3-7-22-13(4-2)20-21-16(22)24-9-14(23)19-15-18-11-6-5-10(17)8-12(11)25-15/h3,5-6,8H,1,4,7,9H2,2H3,(H,18,19,23). The van der Waals surface area contributed by atoms with E-state index in [1.807, 2.05) is 29.7 Å². The minimum atomic E-state index is -0.116. The van der Waals surface area contributed by atoms with Gasteiger partial charge in [-0.05, 0) is 18.2 Å². The van der Waals surface area contributed by atoms with Gasteiger partial charge in [0.1, 0.15) is 5.82 Å². The number of carbonyl (C=O) groups is 1. The molecule has 1 N–H and O–H groups in total. The fourth-order valence-electron chi connectivity index (χ4n) is 2.24. The number of carbonyl (C=O) groups excluding carboxylic acids is 1. The van der Waals surface area contributed by atoms with Crippen molar-refractivity contribution in [2.45, 2.75) is 25.0 Å². The van der Waals surface area contributed by atoms with Gasteiger partial charge >= 0.3 is 0 Å². The first-order valence-corrected chi connectivity index (χ1v) is 10.2. The number of amides is 1. The Bertz CT molecular complexity index is 921. The fraction of sp³-hybridized carbons (Fsp3) is 0.250. The van der Waals surface area contributed by atoms with Gasteiger partial charge in [0.15, 0.2) is 10.3 Å². The van der Waals surface area contributed by atoms with E-state index in [9.17, 15) is 4.79 Å². The zero-order valence-corrected chi connectivity index (χ0v) is 16.7. The molecule has 0 radical (unpaired) electrons.